The lowest BCUT2D eigenvalue weighted by Crippen LogP contribution is -2.24. The van der Waals surface area contributed by atoms with Crippen molar-refractivity contribution < 1.29 is 4.79 Å². The van der Waals surface area contributed by atoms with Gasteiger partial charge in [-0.1, -0.05) is 42.5 Å². The molecule has 0 fully saturated rings. The van der Waals surface area contributed by atoms with Crippen LogP contribution in [0.4, 0.5) is 0 Å². The van der Waals surface area contributed by atoms with Gasteiger partial charge in [0.25, 0.3) is 5.91 Å². The summed E-state index contributed by atoms with van der Waals surface area (Å²) >= 11 is 0. The number of fused-ring (bicyclic) bond motifs is 1. The fourth-order valence-corrected chi connectivity index (χ4v) is 3.29. The third-order valence-electron chi connectivity index (χ3n) is 4.57. The summed E-state index contributed by atoms with van der Waals surface area (Å²) in [4.78, 5) is 16.1. The number of carbonyl (C=O) groups excluding carboxylic acids is 1. The summed E-state index contributed by atoms with van der Waals surface area (Å²) in [6, 6.07) is 17.9. The zero-order chi connectivity index (χ0) is 17.9. The standard InChI is InChI=1S/C21H20N4O/c1-15-20(18-9-4-5-10-19(18)24-15)21(26)22-13-16-7-2-3-8-17(16)14-25-12-6-11-23-25/h2-12,24H,13-14H2,1H3,(H,22,26). The summed E-state index contributed by atoms with van der Waals surface area (Å²) in [6.45, 7) is 3.10. The molecular weight excluding hydrogens is 324 g/mol. The molecule has 0 spiro atoms. The third-order valence-corrected chi connectivity index (χ3v) is 4.57. The highest BCUT2D eigenvalue weighted by atomic mass is 16.1. The zero-order valence-corrected chi connectivity index (χ0v) is 14.6. The molecule has 5 heteroatoms. The average Bonchev–Trinajstić information content (AvgIpc) is 3.27. The van der Waals surface area contributed by atoms with Gasteiger partial charge in [-0.2, -0.15) is 5.10 Å². The first kappa shape index (κ1) is 16.1. The lowest BCUT2D eigenvalue weighted by molar-refractivity contribution is 0.0952. The number of nitrogens with zero attached hydrogens (tertiary/aromatic N) is 2. The molecule has 0 saturated carbocycles. The zero-order valence-electron chi connectivity index (χ0n) is 14.6. The van der Waals surface area contributed by atoms with Crippen molar-refractivity contribution in [2.24, 2.45) is 0 Å². The van der Waals surface area contributed by atoms with Gasteiger partial charge in [-0.05, 0) is 30.2 Å². The number of nitrogens with one attached hydrogen (secondary N) is 2. The predicted molar refractivity (Wildman–Crippen MR) is 102 cm³/mol. The second kappa shape index (κ2) is 6.88. The molecule has 0 aliphatic rings. The molecule has 26 heavy (non-hydrogen) atoms. The second-order valence-electron chi connectivity index (χ2n) is 6.33. The molecule has 2 N–H and O–H groups in total. The van der Waals surface area contributed by atoms with Crippen LogP contribution in [-0.4, -0.2) is 20.7 Å². The monoisotopic (exact) mass is 344 g/mol. The summed E-state index contributed by atoms with van der Waals surface area (Å²) in [5.74, 6) is -0.0613. The van der Waals surface area contributed by atoms with Crippen LogP contribution in [0.25, 0.3) is 10.9 Å². The molecule has 1 amide bonds. The first-order valence-electron chi connectivity index (χ1n) is 8.62. The van der Waals surface area contributed by atoms with E-state index in [4.69, 9.17) is 0 Å². The Morgan fingerprint density at radius 3 is 2.65 bits per heavy atom. The number of rotatable bonds is 5. The first-order valence-corrected chi connectivity index (χ1v) is 8.62. The van der Waals surface area contributed by atoms with Gasteiger partial charge in [0, 0.05) is 35.5 Å². The summed E-state index contributed by atoms with van der Waals surface area (Å²) in [6.07, 6.45) is 3.70. The Kier molecular flexibility index (Phi) is 4.27. The molecule has 4 aromatic rings. The molecule has 0 bridgehead atoms. The fraction of sp³-hybridized carbons (Fsp3) is 0.143. The quantitative estimate of drug-likeness (QED) is 0.580. The topological polar surface area (TPSA) is 62.7 Å². The fourth-order valence-electron chi connectivity index (χ4n) is 3.29. The highest BCUT2D eigenvalue weighted by Crippen LogP contribution is 2.22. The van der Waals surface area contributed by atoms with E-state index in [0.29, 0.717) is 18.7 Å². The van der Waals surface area contributed by atoms with E-state index < -0.39 is 0 Å². The molecule has 130 valence electrons. The SMILES string of the molecule is Cc1[nH]c2ccccc2c1C(=O)NCc1ccccc1Cn1cccn1. The minimum atomic E-state index is -0.0613. The minimum absolute atomic E-state index is 0.0613. The summed E-state index contributed by atoms with van der Waals surface area (Å²) < 4.78 is 1.88. The summed E-state index contributed by atoms with van der Waals surface area (Å²) in [5, 5.41) is 8.28. The van der Waals surface area contributed by atoms with Crippen molar-refractivity contribution in [3.05, 3.63) is 89.4 Å². The van der Waals surface area contributed by atoms with E-state index in [2.05, 4.69) is 21.5 Å². The lowest BCUT2D eigenvalue weighted by atomic mass is 10.1. The first-order chi connectivity index (χ1) is 12.7. The molecule has 2 heterocycles. The van der Waals surface area contributed by atoms with Crippen molar-refractivity contribution in [2.75, 3.05) is 0 Å². The minimum Gasteiger partial charge on any atom is -0.358 e. The molecule has 0 aliphatic heterocycles. The average molecular weight is 344 g/mol. The highest BCUT2D eigenvalue weighted by molar-refractivity contribution is 6.08. The molecule has 2 aromatic heterocycles. The number of H-pyrrole nitrogens is 1. The van der Waals surface area contributed by atoms with Crippen LogP contribution in [0.1, 0.15) is 27.2 Å². The highest BCUT2D eigenvalue weighted by Gasteiger charge is 2.15. The van der Waals surface area contributed by atoms with E-state index in [-0.39, 0.29) is 5.91 Å². The number of hydrogen-bond acceptors (Lipinski definition) is 2. The molecule has 0 saturated heterocycles. The van der Waals surface area contributed by atoms with E-state index in [1.54, 1.807) is 6.20 Å². The number of amides is 1. The normalized spacial score (nSPS) is 11.0. The van der Waals surface area contributed by atoms with Crippen LogP contribution in [0.5, 0.6) is 0 Å². The van der Waals surface area contributed by atoms with E-state index in [9.17, 15) is 4.79 Å². The molecular formula is C21H20N4O. The van der Waals surface area contributed by atoms with E-state index in [0.717, 1.165) is 27.7 Å². The van der Waals surface area contributed by atoms with Gasteiger partial charge >= 0.3 is 0 Å². The number of carbonyl (C=O) groups is 1. The second-order valence-corrected chi connectivity index (χ2v) is 6.33. The van der Waals surface area contributed by atoms with Crippen molar-refractivity contribution in [2.45, 2.75) is 20.0 Å². The number of benzene rings is 2. The van der Waals surface area contributed by atoms with Crippen LogP contribution in [-0.2, 0) is 13.1 Å². The molecule has 0 atom stereocenters. The third kappa shape index (κ3) is 3.11. The number of aryl methyl sites for hydroxylation is 1. The molecule has 0 unspecified atom stereocenters. The van der Waals surface area contributed by atoms with Crippen LogP contribution < -0.4 is 5.32 Å². The van der Waals surface area contributed by atoms with Gasteiger partial charge in [0.2, 0.25) is 0 Å². The lowest BCUT2D eigenvalue weighted by Gasteiger charge is -2.11. The van der Waals surface area contributed by atoms with Crippen molar-refractivity contribution in [3.8, 4) is 0 Å². The maximum absolute atomic E-state index is 12.8. The molecule has 2 aromatic carbocycles. The maximum atomic E-state index is 12.8. The Labute approximate surface area is 151 Å². The van der Waals surface area contributed by atoms with Gasteiger partial charge in [0.05, 0.1) is 12.1 Å². The van der Waals surface area contributed by atoms with Gasteiger partial charge in [-0.15, -0.1) is 0 Å². The van der Waals surface area contributed by atoms with Gasteiger partial charge in [-0.25, -0.2) is 0 Å². The smallest absolute Gasteiger partial charge is 0.253 e. The van der Waals surface area contributed by atoms with Crippen LogP contribution in [0, 0.1) is 6.92 Å². The van der Waals surface area contributed by atoms with Crippen molar-refractivity contribution in [3.63, 3.8) is 0 Å². The Hall–Kier alpha value is -3.34. The van der Waals surface area contributed by atoms with Gasteiger partial charge < -0.3 is 10.3 Å². The number of aromatic amines is 1. The van der Waals surface area contributed by atoms with Gasteiger partial charge in [0.1, 0.15) is 0 Å². The molecule has 4 rings (SSSR count). The predicted octanol–water partition coefficient (Wildman–Crippen LogP) is 3.65. The molecule has 0 radical (unpaired) electrons. The summed E-state index contributed by atoms with van der Waals surface area (Å²) in [7, 11) is 0. The van der Waals surface area contributed by atoms with E-state index in [1.807, 2.05) is 66.3 Å². The van der Waals surface area contributed by atoms with Gasteiger partial charge in [0.15, 0.2) is 0 Å². The van der Waals surface area contributed by atoms with E-state index in [1.165, 1.54) is 0 Å². The Morgan fingerprint density at radius 2 is 1.85 bits per heavy atom. The maximum Gasteiger partial charge on any atom is 0.253 e. The molecule has 5 nitrogen and oxygen atoms in total. The Morgan fingerprint density at radius 1 is 1.08 bits per heavy atom. The number of aromatic nitrogens is 3. The van der Waals surface area contributed by atoms with Crippen molar-refractivity contribution >= 4 is 16.8 Å². The van der Waals surface area contributed by atoms with Crippen molar-refractivity contribution in [1.82, 2.24) is 20.1 Å². The van der Waals surface area contributed by atoms with Crippen LogP contribution in [0.15, 0.2) is 67.0 Å². The molecule has 0 aliphatic carbocycles. The van der Waals surface area contributed by atoms with Gasteiger partial charge in [-0.3, -0.25) is 9.48 Å². The van der Waals surface area contributed by atoms with Crippen LogP contribution in [0.3, 0.4) is 0 Å². The van der Waals surface area contributed by atoms with Crippen LogP contribution >= 0.6 is 0 Å². The largest absolute Gasteiger partial charge is 0.358 e. The van der Waals surface area contributed by atoms with E-state index >= 15 is 0 Å². The van der Waals surface area contributed by atoms with Crippen LogP contribution in [0.2, 0.25) is 0 Å². The van der Waals surface area contributed by atoms with Crippen molar-refractivity contribution in [1.29, 1.82) is 0 Å². The summed E-state index contributed by atoms with van der Waals surface area (Å²) in [5.41, 5.74) is 4.81. The Bertz CT molecular complexity index is 1050. The number of hydrogen-bond donors (Lipinski definition) is 2. The number of para-hydroxylation sites is 1. The Balaban J connectivity index is 1.54.